The lowest BCUT2D eigenvalue weighted by atomic mass is 9.96. The Morgan fingerprint density at radius 2 is 1.91 bits per heavy atom. The maximum absolute atomic E-state index is 12.7. The van der Waals surface area contributed by atoms with Crippen LogP contribution in [0.25, 0.3) is 10.8 Å². The molecular weight excluding hydrogens is 278 g/mol. The topological polar surface area (TPSA) is 57.6 Å². The molecule has 2 unspecified atom stereocenters. The predicted octanol–water partition coefficient (Wildman–Crippen LogP) is 3.02. The summed E-state index contributed by atoms with van der Waals surface area (Å²) in [6, 6.07) is 13.3. The minimum Gasteiger partial charge on any atom is -0.480 e. The Kier molecular flexibility index (Phi) is 3.84. The molecule has 2 aromatic rings. The summed E-state index contributed by atoms with van der Waals surface area (Å²) in [5.41, 5.74) is 0.930. The quantitative estimate of drug-likeness (QED) is 0.947. The first-order chi connectivity index (χ1) is 10.6. The maximum atomic E-state index is 12.7. The van der Waals surface area contributed by atoms with Crippen LogP contribution in [0.1, 0.15) is 31.2 Å². The highest BCUT2D eigenvalue weighted by Gasteiger charge is 2.36. The Morgan fingerprint density at radius 3 is 2.64 bits per heavy atom. The van der Waals surface area contributed by atoms with Gasteiger partial charge in [0.25, 0.3) is 0 Å². The van der Waals surface area contributed by atoms with E-state index in [1.807, 2.05) is 49.4 Å². The summed E-state index contributed by atoms with van der Waals surface area (Å²) in [6.07, 6.45) is 1.30. The molecule has 2 atom stereocenters. The number of carbonyl (C=O) groups is 2. The first kappa shape index (κ1) is 14.6. The van der Waals surface area contributed by atoms with Crippen LogP contribution in [0.15, 0.2) is 42.5 Å². The Hall–Kier alpha value is -2.36. The number of carboxylic acids is 1. The summed E-state index contributed by atoms with van der Waals surface area (Å²) in [5.74, 6) is -1.33. The predicted molar refractivity (Wildman–Crippen MR) is 84.7 cm³/mol. The average Bonchev–Trinajstić information content (AvgIpc) is 3.03. The van der Waals surface area contributed by atoms with Crippen LogP contribution in [-0.2, 0) is 9.59 Å². The first-order valence-electron chi connectivity index (χ1n) is 7.60. The molecule has 0 aromatic heterocycles. The summed E-state index contributed by atoms with van der Waals surface area (Å²) in [4.78, 5) is 25.4. The second kappa shape index (κ2) is 5.79. The number of rotatable bonds is 3. The normalized spacial score (nSPS) is 19.3. The van der Waals surface area contributed by atoms with Crippen LogP contribution in [0.4, 0.5) is 0 Å². The molecule has 0 spiro atoms. The third kappa shape index (κ3) is 2.56. The molecule has 1 aliphatic heterocycles. The molecule has 2 aromatic carbocycles. The fourth-order valence-corrected chi connectivity index (χ4v) is 3.16. The third-order valence-electron chi connectivity index (χ3n) is 4.46. The van der Waals surface area contributed by atoms with Crippen molar-refractivity contribution < 1.29 is 14.7 Å². The molecule has 1 amide bonds. The Labute approximate surface area is 129 Å². The van der Waals surface area contributed by atoms with Gasteiger partial charge in [-0.25, -0.2) is 4.79 Å². The molecule has 22 heavy (non-hydrogen) atoms. The molecule has 0 radical (unpaired) electrons. The highest BCUT2D eigenvalue weighted by Crippen LogP contribution is 2.27. The van der Waals surface area contributed by atoms with E-state index in [1.54, 1.807) is 0 Å². The average molecular weight is 297 g/mol. The highest BCUT2D eigenvalue weighted by atomic mass is 16.4. The summed E-state index contributed by atoms with van der Waals surface area (Å²) >= 11 is 0. The molecular formula is C18H19NO3. The summed E-state index contributed by atoms with van der Waals surface area (Å²) < 4.78 is 0. The van der Waals surface area contributed by atoms with Crippen LogP contribution in [0.2, 0.25) is 0 Å². The lowest BCUT2D eigenvalue weighted by Gasteiger charge is -2.25. The molecule has 114 valence electrons. The van der Waals surface area contributed by atoms with Crippen molar-refractivity contribution >= 4 is 22.6 Å². The number of aliphatic carboxylic acids is 1. The van der Waals surface area contributed by atoms with Gasteiger partial charge in [0, 0.05) is 6.54 Å². The smallest absolute Gasteiger partial charge is 0.326 e. The zero-order valence-electron chi connectivity index (χ0n) is 12.5. The fraction of sp³-hybridized carbons (Fsp3) is 0.333. The number of benzene rings is 2. The van der Waals surface area contributed by atoms with E-state index in [9.17, 15) is 14.7 Å². The Balaban J connectivity index is 1.86. The zero-order chi connectivity index (χ0) is 15.7. The van der Waals surface area contributed by atoms with Crippen LogP contribution in [-0.4, -0.2) is 34.5 Å². The van der Waals surface area contributed by atoms with Gasteiger partial charge in [-0.1, -0.05) is 42.5 Å². The number of likely N-dealkylation sites (tertiary alicyclic amines) is 1. The SMILES string of the molecule is CC(C(=O)N1CCCC1C(=O)O)c1ccc2ccccc2c1. The molecule has 4 nitrogen and oxygen atoms in total. The molecule has 3 rings (SSSR count). The molecule has 1 fully saturated rings. The van der Waals surface area contributed by atoms with Crippen LogP contribution in [0.3, 0.4) is 0 Å². The van der Waals surface area contributed by atoms with Gasteiger partial charge >= 0.3 is 5.97 Å². The number of hydrogen-bond donors (Lipinski definition) is 1. The molecule has 0 saturated carbocycles. The highest BCUT2D eigenvalue weighted by molar-refractivity contribution is 5.90. The fourth-order valence-electron chi connectivity index (χ4n) is 3.16. The number of carbonyl (C=O) groups excluding carboxylic acids is 1. The molecule has 0 bridgehead atoms. The lowest BCUT2D eigenvalue weighted by Crippen LogP contribution is -2.42. The number of carboxylic acid groups (broad SMARTS) is 1. The van der Waals surface area contributed by atoms with Gasteiger partial charge in [-0.3, -0.25) is 4.79 Å². The van der Waals surface area contributed by atoms with Gasteiger partial charge in [-0.05, 0) is 36.1 Å². The van der Waals surface area contributed by atoms with E-state index in [-0.39, 0.29) is 11.8 Å². The minimum absolute atomic E-state index is 0.0971. The minimum atomic E-state index is -0.906. The zero-order valence-corrected chi connectivity index (χ0v) is 12.5. The van der Waals surface area contributed by atoms with E-state index < -0.39 is 12.0 Å². The first-order valence-corrected chi connectivity index (χ1v) is 7.60. The standard InChI is InChI=1S/C18H19NO3/c1-12(17(20)19-10-4-7-16(19)18(21)22)14-9-8-13-5-2-3-6-15(13)11-14/h2-3,5-6,8-9,11-12,16H,4,7,10H2,1H3,(H,21,22). The van der Waals surface area contributed by atoms with Crippen LogP contribution in [0.5, 0.6) is 0 Å². The Bertz CT molecular complexity index is 725. The van der Waals surface area contributed by atoms with Gasteiger partial charge in [0.2, 0.25) is 5.91 Å². The molecule has 4 heteroatoms. The van der Waals surface area contributed by atoms with E-state index in [1.165, 1.54) is 4.90 Å². The van der Waals surface area contributed by atoms with Crippen molar-refractivity contribution in [3.8, 4) is 0 Å². The molecule has 1 N–H and O–H groups in total. The van der Waals surface area contributed by atoms with Crippen molar-refractivity contribution in [2.45, 2.75) is 31.7 Å². The Morgan fingerprint density at radius 1 is 1.18 bits per heavy atom. The van der Waals surface area contributed by atoms with Gasteiger partial charge in [0.1, 0.15) is 6.04 Å². The van der Waals surface area contributed by atoms with Gasteiger partial charge in [0.05, 0.1) is 5.92 Å². The summed E-state index contributed by atoms with van der Waals surface area (Å²) in [6.45, 7) is 2.39. The maximum Gasteiger partial charge on any atom is 0.326 e. The molecule has 1 heterocycles. The van der Waals surface area contributed by atoms with E-state index in [0.29, 0.717) is 13.0 Å². The number of amides is 1. The van der Waals surface area contributed by atoms with Gasteiger partial charge in [0.15, 0.2) is 0 Å². The van der Waals surface area contributed by atoms with Gasteiger partial charge in [-0.15, -0.1) is 0 Å². The van der Waals surface area contributed by atoms with E-state index in [2.05, 4.69) is 0 Å². The summed E-state index contributed by atoms with van der Waals surface area (Å²) in [5, 5.41) is 11.5. The van der Waals surface area contributed by atoms with E-state index in [4.69, 9.17) is 0 Å². The van der Waals surface area contributed by atoms with Crippen LogP contribution < -0.4 is 0 Å². The third-order valence-corrected chi connectivity index (χ3v) is 4.46. The van der Waals surface area contributed by atoms with Crippen molar-refractivity contribution in [2.75, 3.05) is 6.54 Å². The molecule has 0 aliphatic carbocycles. The molecule has 1 aliphatic rings. The van der Waals surface area contributed by atoms with Crippen molar-refractivity contribution in [2.24, 2.45) is 0 Å². The van der Waals surface area contributed by atoms with Crippen molar-refractivity contribution in [1.82, 2.24) is 4.90 Å². The van der Waals surface area contributed by atoms with E-state index in [0.717, 1.165) is 22.8 Å². The summed E-state index contributed by atoms with van der Waals surface area (Å²) in [7, 11) is 0. The second-order valence-electron chi connectivity index (χ2n) is 5.86. The van der Waals surface area contributed by atoms with Crippen molar-refractivity contribution in [3.05, 3.63) is 48.0 Å². The monoisotopic (exact) mass is 297 g/mol. The number of nitrogens with zero attached hydrogens (tertiary/aromatic N) is 1. The van der Waals surface area contributed by atoms with E-state index >= 15 is 0 Å². The van der Waals surface area contributed by atoms with Crippen molar-refractivity contribution in [1.29, 1.82) is 0 Å². The number of hydrogen-bond acceptors (Lipinski definition) is 2. The van der Waals surface area contributed by atoms with Gasteiger partial charge in [-0.2, -0.15) is 0 Å². The van der Waals surface area contributed by atoms with Crippen molar-refractivity contribution in [3.63, 3.8) is 0 Å². The molecule has 1 saturated heterocycles. The lowest BCUT2D eigenvalue weighted by molar-refractivity contribution is -0.148. The second-order valence-corrected chi connectivity index (χ2v) is 5.86. The van der Waals surface area contributed by atoms with Crippen LogP contribution >= 0.6 is 0 Å². The largest absolute Gasteiger partial charge is 0.480 e. The number of fused-ring (bicyclic) bond motifs is 1. The van der Waals surface area contributed by atoms with Gasteiger partial charge < -0.3 is 10.0 Å². The van der Waals surface area contributed by atoms with Crippen LogP contribution in [0, 0.1) is 0 Å².